The van der Waals surface area contributed by atoms with Gasteiger partial charge in [-0.2, -0.15) is 0 Å². The number of ether oxygens (including phenoxy) is 2. The average Bonchev–Trinajstić information content (AvgIpc) is 2.67. The van der Waals surface area contributed by atoms with Crippen LogP contribution in [0.2, 0.25) is 0 Å². The van der Waals surface area contributed by atoms with E-state index in [4.69, 9.17) is 9.47 Å². The van der Waals surface area contributed by atoms with Crippen molar-refractivity contribution in [1.82, 2.24) is 4.90 Å². The zero-order chi connectivity index (χ0) is 18.9. The number of carbonyl (C=O) groups is 1. The molecule has 2 aromatic carbocycles. The van der Waals surface area contributed by atoms with Crippen LogP contribution in [0.15, 0.2) is 48.5 Å². The van der Waals surface area contributed by atoms with Crippen molar-refractivity contribution in [3.63, 3.8) is 0 Å². The van der Waals surface area contributed by atoms with Crippen molar-refractivity contribution in [2.24, 2.45) is 0 Å². The Morgan fingerprint density at radius 2 is 1.85 bits per heavy atom. The van der Waals surface area contributed by atoms with Crippen LogP contribution < -0.4 is 9.47 Å². The molecule has 26 heavy (non-hydrogen) atoms. The van der Waals surface area contributed by atoms with Gasteiger partial charge < -0.3 is 19.5 Å². The van der Waals surface area contributed by atoms with Crippen LogP contribution in [0.5, 0.6) is 11.5 Å². The minimum absolute atomic E-state index is 0.00766. The average molecular weight is 357 g/mol. The fourth-order valence-electron chi connectivity index (χ4n) is 2.94. The summed E-state index contributed by atoms with van der Waals surface area (Å²) in [5, 5.41) is 9.33. The minimum atomic E-state index is -0.0567. The Balaban J connectivity index is 2.10. The van der Waals surface area contributed by atoms with Crippen LogP contribution in [0, 0.1) is 0 Å². The molecule has 0 fully saturated rings. The van der Waals surface area contributed by atoms with Crippen LogP contribution >= 0.6 is 0 Å². The number of aliphatic hydroxyl groups excluding tert-OH is 1. The van der Waals surface area contributed by atoms with Crippen LogP contribution in [0.4, 0.5) is 0 Å². The van der Waals surface area contributed by atoms with Gasteiger partial charge in [-0.05, 0) is 23.1 Å². The van der Waals surface area contributed by atoms with Gasteiger partial charge in [0.05, 0.1) is 20.8 Å². The van der Waals surface area contributed by atoms with Crippen molar-refractivity contribution in [3.8, 4) is 11.5 Å². The van der Waals surface area contributed by atoms with Gasteiger partial charge in [0, 0.05) is 25.6 Å². The molecule has 5 heteroatoms. The SMILES string of the molecule is COc1ccc(C(C)CC(=O)N(CCO)Cc2ccccc2)c(OC)c1. The van der Waals surface area contributed by atoms with Crippen LogP contribution in [0.3, 0.4) is 0 Å². The molecule has 0 aliphatic rings. The lowest BCUT2D eigenvalue weighted by Crippen LogP contribution is -2.33. The Kier molecular flexibility index (Phi) is 7.48. The summed E-state index contributed by atoms with van der Waals surface area (Å²) in [5.74, 6) is 1.42. The molecule has 0 heterocycles. The van der Waals surface area contributed by atoms with E-state index in [-0.39, 0.29) is 18.4 Å². The summed E-state index contributed by atoms with van der Waals surface area (Å²) < 4.78 is 10.7. The van der Waals surface area contributed by atoms with E-state index in [9.17, 15) is 9.90 Å². The maximum absolute atomic E-state index is 12.8. The second kappa shape index (κ2) is 9.82. The molecule has 1 unspecified atom stereocenters. The zero-order valence-corrected chi connectivity index (χ0v) is 15.6. The number of hydrogen-bond acceptors (Lipinski definition) is 4. The maximum atomic E-state index is 12.8. The van der Waals surface area contributed by atoms with Gasteiger partial charge in [-0.25, -0.2) is 0 Å². The zero-order valence-electron chi connectivity index (χ0n) is 15.6. The minimum Gasteiger partial charge on any atom is -0.497 e. The largest absolute Gasteiger partial charge is 0.497 e. The summed E-state index contributed by atoms with van der Waals surface area (Å²) >= 11 is 0. The lowest BCUT2D eigenvalue weighted by molar-refractivity contribution is -0.132. The summed E-state index contributed by atoms with van der Waals surface area (Å²) in [4.78, 5) is 14.5. The fourth-order valence-corrected chi connectivity index (χ4v) is 2.94. The fraction of sp³-hybridized carbons (Fsp3) is 0.381. The first-order valence-corrected chi connectivity index (χ1v) is 8.73. The number of rotatable bonds is 9. The first kappa shape index (κ1) is 19.8. The molecule has 0 bridgehead atoms. The second-order valence-electron chi connectivity index (χ2n) is 6.24. The van der Waals surface area contributed by atoms with Crippen molar-refractivity contribution in [2.45, 2.75) is 25.8 Å². The molecule has 0 aromatic heterocycles. The third kappa shape index (κ3) is 5.23. The number of methoxy groups -OCH3 is 2. The highest BCUT2D eigenvalue weighted by molar-refractivity contribution is 5.77. The molecule has 1 amide bonds. The Labute approximate surface area is 155 Å². The number of nitrogens with zero attached hydrogens (tertiary/aromatic N) is 1. The molecule has 1 atom stereocenters. The molecule has 2 rings (SSSR count). The second-order valence-corrected chi connectivity index (χ2v) is 6.24. The molecule has 0 radical (unpaired) electrons. The quantitative estimate of drug-likeness (QED) is 0.749. The van der Waals surface area contributed by atoms with E-state index in [1.165, 1.54) is 0 Å². The molecule has 1 N–H and O–H groups in total. The molecule has 5 nitrogen and oxygen atoms in total. The van der Waals surface area contributed by atoms with E-state index in [1.807, 2.05) is 55.5 Å². The van der Waals surface area contributed by atoms with Gasteiger partial charge in [-0.1, -0.05) is 43.3 Å². The summed E-state index contributed by atoms with van der Waals surface area (Å²) in [5.41, 5.74) is 2.01. The number of hydrogen-bond donors (Lipinski definition) is 1. The summed E-state index contributed by atoms with van der Waals surface area (Å²) in [6, 6.07) is 15.4. The first-order chi connectivity index (χ1) is 12.6. The number of benzene rings is 2. The van der Waals surface area contributed by atoms with Crippen LogP contribution in [0.25, 0.3) is 0 Å². The lowest BCUT2D eigenvalue weighted by Gasteiger charge is -2.24. The van der Waals surface area contributed by atoms with Crippen molar-refractivity contribution in [2.75, 3.05) is 27.4 Å². The smallest absolute Gasteiger partial charge is 0.223 e. The molecular weight excluding hydrogens is 330 g/mol. The summed E-state index contributed by atoms with van der Waals surface area (Å²) in [6.45, 7) is 2.76. The van der Waals surface area contributed by atoms with Gasteiger partial charge in [0.1, 0.15) is 11.5 Å². The summed E-state index contributed by atoms with van der Waals surface area (Å²) in [7, 11) is 3.22. The topological polar surface area (TPSA) is 59.0 Å². The van der Waals surface area contributed by atoms with E-state index < -0.39 is 0 Å². The first-order valence-electron chi connectivity index (χ1n) is 8.73. The molecule has 0 saturated carbocycles. The number of amides is 1. The standard InChI is InChI=1S/C21H27NO4/c1-16(19-10-9-18(25-2)14-20(19)26-3)13-21(24)22(11-12-23)15-17-7-5-4-6-8-17/h4-10,14,16,23H,11-13,15H2,1-3H3. The van der Waals surface area contributed by atoms with Gasteiger partial charge in [-0.15, -0.1) is 0 Å². The molecule has 140 valence electrons. The Morgan fingerprint density at radius 3 is 2.46 bits per heavy atom. The predicted molar refractivity (Wildman–Crippen MR) is 102 cm³/mol. The Morgan fingerprint density at radius 1 is 1.12 bits per heavy atom. The lowest BCUT2D eigenvalue weighted by atomic mass is 9.96. The normalized spacial score (nSPS) is 11.7. The van der Waals surface area contributed by atoms with E-state index in [0.29, 0.717) is 25.3 Å². The third-order valence-electron chi connectivity index (χ3n) is 4.39. The molecule has 2 aromatic rings. The molecule has 0 aliphatic carbocycles. The molecule has 0 spiro atoms. The van der Waals surface area contributed by atoms with Gasteiger partial charge in [0.25, 0.3) is 0 Å². The molecule has 0 aliphatic heterocycles. The Bertz CT molecular complexity index is 702. The highest BCUT2D eigenvalue weighted by Crippen LogP contribution is 2.32. The maximum Gasteiger partial charge on any atom is 0.223 e. The predicted octanol–water partition coefficient (Wildman–Crippen LogP) is 3.22. The van der Waals surface area contributed by atoms with Crippen molar-refractivity contribution in [1.29, 1.82) is 0 Å². The van der Waals surface area contributed by atoms with Gasteiger partial charge in [0.15, 0.2) is 0 Å². The molecule has 0 saturated heterocycles. The Hall–Kier alpha value is -2.53. The van der Waals surface area contributed by atoms with E-state index in [0.717, 1.165) is 16.9 Å². The van der Waals surface area contributed by atoms with Gasteiger partial charge in [-0.3, -0.25) is 4.79 Å². The number of carbonyl (C=O) groups excluding carboxylic acids is 1. The van der Waals surface area contributed by atoms with Crippen LogP contribution in [0.1, 0.15) is 30.4 Å². The van der Waals surface area contributed by atoms with Crippen molar-refractivity contribution >= 4 is 5.91 Å². The van der Waals surface area contributed by atoms with Crippen LogP contribution in [-0.4, -0.2) is 43.3 Å². The highest BCUT2D eigenvalue weighted by Gasteiger charge is 2.20. The van der Waals surface area contributed by atoms with Crippen LogP contribution in [-0.2, 0) is 11.3 Å². The highest BCUT2D eigenvalue weighted by atomic mass is 16.5. The number of aliphatic hydroxyl groups is 1. The van der Waals surface area contributed by atoms with Gasteiger partial charge >= 0.3 is 0 Å². The van der Waals surface area contributed by atoms with E-state index in [1.54, 1.807) is 19.1 Å². The van der Waals surface area contributed by atoms with E-state index >= 15 is 0 Å². The van der Waals surface area contributed by atoms with Crippen molar-refractivity contribution < 1.29 is 19.4 Å². The van der Waals surface area contributed by atoms with E-state index in [2.05, 4.69) is 0 Å². The third-order valence-corrected chi connectivity index (χ3v) is 4.39. The van der Waals surface area contributed by atoms with Crippen molar-refractivity contribution in [3.05, 3.63) is 59.7 Å². The monoisotopic (exact) mass is 357 g/mol. The summed E-state index contributed by atoms with van der Waals surface area (Å²) in [6.07, 6.45) is 0.343. The molecular formula is C21H27NO4. The van der Waals surface area contributed by atoms with Gasteiger partial charge in [0.2, 0.25) is 5.91 Å².